The molecule has 0 radical (unpaired) electrons. The summed E-state index contributed by atoms with van der Waals surface area (Å²) in [5, 5.41) is 24.7. The van der Waals surface area contributed by atoms with E-state index in [2.05, 4.69) is 40.4 Å². The number of rotatable bonds is 18. The zero-order valence-electron chi connectivity index (χ0n) is 17.7. The molecular weight excluding hydrogens is 362 g/mol. The molecule has 0 aliphatic carbocycles. The number of carboxylic acids is 1. The fourth-order valence-electron chi connectivity index (χ4n) is 2.48. The average Bonchev–Trinajstić information content (AvgIpc) is 2.64. The summed E-state index contributed by atoms with van der Waals surface area (Å²) in [5.41, 5.74) is 11.0. The van der Waals surface area contributed by atoms with E-state index in [-0.39, 0.29) is 30.7 Å². The van der Waals surface area contributed by atoms with Crippen LogP contribution in [0.1, 0.15) is 33.1 Å². The van der Waals surface area contributed by atoms with E-state index >= 15 is 0 Å². The molecular formula is C18H41N7O3. The molecule has 0 saturated carbocycles. The maximum absolute atomic E-state index is 12.2. The van der Waals surface area contributed by atoms with E-state index < -0.39 is 11.6 Å². The summed E-state index contributed by atoms with van der Waals surface area (Å²) in [7, 11) is 1.85. The summed E-state index contributed by atoms with van der Waals surface area (Å²) < 4.78 is 0. The molecule has 0 aromatic heterocycles. The van der Waals surface area contributed by atoms with Crippen LogP contribution in [0, 0.1) is 5.41 Å². The third kappa shape index (κ3) is 13.0. The molecule has 0 aromatic rings. The lowest BCUT2D eigenvalue weighted by molar-refractivity contribution is -0.137. The van der Waals surface area contributed by atoms with Gasteiger partial charge in [-0.2, -0.15) is 0 Å². The van der Waals surface area contributed by atoms with Crippen LogP contribution in [0.15, 0.2) is 0 Å². The zero-order valence-corrected chi connectivity index (χ0v) is 17.7. The molecule has 0 unspecified atom stereocenters. The number of hydrogen-bond donors (Lipinski definition) is 8. The van der Waals surface area contributed by atoms with E-state index in [0.29, 0.717) is 32.6 Å². The normalized spacial score (nSPS) is 13.9. The zero-order chi connectivity index (χ0) is 21.5. The molecule has 10 N–H and O–H groups in total. The van der Waals surface area contributed by atoms with E-state index in [1.165, 1.54) is 0 Å². The standard InChI is InChI=1S/C18H41N7O3/c1-17(2,11-19)13-22-8-9-23-14-18(12-20,24-10-7-21-3)25-15(26)5-4-6-16(27)28/h21-24H,4-14,19-20H2,1-3H3,(H,25,26)(H,27,28)/t18-/m1/s1. The lowest BCUT2D eigenvalue weighted by Crippen LogP contribution is -2.68. The van der Waals surface area contributed by atoms with Crippen LogP contribution < -0.4 is 38.1 Å². The number of likely N-dealkylation sites (N-methyl/N-ethyl adjacent to an activating group) is 1. The Labute approximate surface area is 168 Å². The topological polar surface area (TPSA) is 167 Å². The van der Waals surface area contributed by atoms with Crippen LogP contribution in [0.4, 0.5) is 0 Å². The quantitative estimate of drug-likeness (QED) is 0.0952. The summed E-state index contributed by atoms with van der Waals surface area (Å²) in [6.45, 7) is 9.18. The molecule has 0 aliphatic rings. The van der Waals surface area contributed by atoms with Crippen LogP contribution in [0.25, 0.3) is 0 Å². The van der Waals surface area contributed by atoms with Gasteiger partial charge in [-0.15, -0.1) is 0 Å². The molecule has 0 saturated heterocycles. The maximum Gasteiger partial charge on any atom is 0.303 e. The highest BCUT2D eigenvalue weighted by molar-refractivity contribution is 5.77. The first-order valence-electron chi connectivity index (χ1n) is 9.94. The van der Waals surface area contributed by atoms with Gasteiger partial charge in [-0.25, -0.2) is 0 Å². The van der Waals surface area contributed by atoms with Crippen molar-refractivity contribution in [2.75, 3.05) is 59.4 Å². The molecule has 0 aliphatic heterocycles. The van der Waals surface area contributed by atoms with Gasteiger partial charge in [-0.05, 0) is 25.4 Å². The Bertz CT molecular complexity index is 449. The fourth-order valence-corrected chi connectivity index (χ4v) is 2.48. The highest BCUT2D eigenvalue weighted by Crippen LogP contribution is 2.09. The van der Waals surface area contributed by atoms with E-state index in [1.807, 2.05) is 7.05 Å². The molecule has 0 fully saturated rings. The molecule has 1 amide bonds. The molecule has 166 valence electrons. The number of nitrogens with two attached hydrogens (primary N) is 2. The van der Waals surface area contributed by atoms with Crippen molar-refractivity contribution in [1.82, 2.24) is 26.6 Å². The molecule has 0 aromatic carbocycles. The molecule has 0 heterocycles. The molecule has 1 atom stereocenters. The van der Waals surface area contributed by atoms with Crippen LogP contribution in [-0.2, 0) is 9.59 Å². The highest BCUT2D eigenvalue weighted by Gasteiger charge is 2.29. The van der Waals surface area contributed by atoms with Crippen LogP contribution in [0.2, 0.25) is 0 Å². The predicted molar refractivity (Wildman–Crippen MR) is 112 cm³/mol. The van der Waals surface area contributed by atoms with Gasteiger partial charge in [0.05, 0.1) is 0 Å². The van der Waals surface area contributed by atoms with Crippen molar-refractivity contribution in [2.45, 2.75) is 38.8 Å². The molecule has 0 rings (SSSR count). The number of carbonyl (C=O) groups is 2. The number of carboxylic acid groups (broad SMARTS) is 1. The van der Waals surface area contributed by atoms with E-state index in [9.17, 15) is 9.59 Å². The minimum Gasteiger partial charge on any atom is -0.481 e. The Balaban J connectivity index is 4.51. The van der Waals surface area contributed by atoms with Crippen molar-refractivity contribution < 1.29 is 14.7 Å². The van der Waals surface area contributed by atoms with Gasteiger partial charge >= 0.3 is 5.97 Å². The highest BCUT2D eigenvalue weighted by atomic mass is 16.4. The van der Waals surface area contributed by atoms with E-state index in [1.54, 1.807) is 0 Å². The number of nitrogens with one attached hydrogen (secondary N) is 5. The average molecular weight is 404 g/mol. The van der Waals surface area contributed by atoms with Crippen molar-refractivity contribution in [2.24, 2.45) is 16.9 Å². The number of aliphatic carboxylic acids is 1. The Kier molecular flexibility index (Phi) is 14.0. The second-order valence-corrected chi connectivity index (χ2v) is 7.83. The number of carbonyl (C=O) groups excluding carboxylic acids is 1. The lowest BCUT2D eigenvalue weighted by Gasteiger charge is -2.35. The lowest BCUT2D eigenvalue weighted by atomic mass is 9.94. The summed E-state index contributed by atoms with van der Waals surface area (Å²) in [6.07, 6.45) is 0.420. The minimum atomic E-state index is -0.906. The number of amides is 1. The van der Waals surface area contributed by atoms with Crippen molar-refractivity contribution in [3.8, 4) is 0 Å². The fraction of sp³-hybridized carbons (Fsp3) is 0.889. The van der Waals surface area contributed by atoms with E-state index in [4.69, 9.17) is 16.6 Å². The van der Waals surface area contributed by atoms with Gasteiger partial charge in [0.15, 0.2) is 0 Å². The molecule has 10 nitrogen and oxygen atoms in total. The van der Waals surface area contributed by atoms with Gasteiger partial charge in [-0.3, -0.25) is 14.9 Å². The minimum absolute atomic E-state index is 0.0285. The maximum atomic E-state index is 12.2. The molecule has 0 bridgehead atoms. The Hall–Kier alpha value is -1.30. The smallest absolute Gasteiger partial charge is 0.303 e. The first kappa shape index (κ1) is 26.7. The molecule has 10 heteroatoms. The van der Waals surface area contributed by atoms with Crippen molar-refractivity contribution in [3.63, 3.8) is 0 Å². The Morgan fingerprint density at radius 2 is 1.57 bits per heavy atom. The Morgan fingerprint density at radius 1 is 0.929 bits per heavy atom. The van der Waals surface area contributed by atoms with Gasteiger partial charge in [0.1, 0.15) is 5.66 Å². The molecule has 0 spiro atoms. The van der Waals surface area contributed by atoms with Crippen molar-refractivity contribution >= 4 is 11.9 Å². The van der Waals surface area contributed by atoms with Gasteiger partial charge in [-0.1, -0.05) is 13.8 Å². The number of hydrogen-bond acceptors (Lipinski definition) is 8. The van der Waals surface area contributed by atoms with Gasteiger partial charge in [0.25, 0.3) is 0 Å². The molecule has 28 heavy (non-hydrogen) atoms. The van der Waals surface area contributed by atoms with Crippen LogP contribution in [0.3, 0.4) is 0 Å². The van der Waals surface area contributed by atoms with Gasteiger partial charge in [0, 0.05) is 58.7 Å². The van der Waals surface area contributed by atoms with Crippen LogP contribution >= 0.6 is 0 Å². The van der Waals surface area contributed by atoms with Crippen molar-refractivity contribution in [3.05, 3.63) is 0 Å². The first-order chi connectivity index (χ1) is 13.2. The monoisotopic (exact) mass is 403 g/mol. The Morgan fingerprint density at radius 3 is 2.11 bits per heavy atom. The second kappa shape index (κ2) is 14.7. The summed E-state index contributed by atoms with van der Waals surface area (Å²) in [6, 6.07) is 0. The largest absolute Gasteiger partial charge is 0.481 e. The summed E-state index contributed by atoms with van der Waals surface area (Å²) >= 11 is 0. The van der Waals surface area contributed by atoms with E-state index in [0.717, 1.165) is 19.6 Å². The van der Waals surface area contributed by atoms with Gasteiger partial charge in [0.2, 0.25) is 5.91 Å². The summed E-state index contributed by atoms with van der Waals surface area (Å²) in [4.78, 5) is 22.9. The van der Waals surface area contributed by atoms with Crippen LogP contribution in [-0.4, -0.2) is 82.1 Å². The SMILES string of the molecule is CNCCN[C@@](CN)(CNCCNCC(C)(C)CN)NC(=O)CCCC(=O)O. The van der Waals surface area contributed by atoms with Crippen LogP contribution in [0.5, 0.6) is 0 Å². The third-order valence-electron chi connectivity index (χ3n) is 4.42. The van der Waals surface area contributed by atoms with Gasteiger partial charge < -0.3 is 37.8 Å². The second-order valence-electron chi connectivity index (χ2n) is 7.83. The first-order valence-corrected chi connectivity index (χ1v) is 9.94. The summed E-state index contributed by atoms with van der Waals surface area (Å²) in [5.74, 6) is -1.12. The van der Waals surface area contributed by atoms with Crippen molar-refractivity contribution in [1.29, 1.82) is 0 Å². The predicted octanol–water partition coefficient (Wildman–Crippen LogP) is -2.01. The third-order valence-corrected chi connectivity index (χ3v) is 4.42.